The van der Waals surface area contributed by atoms with Crippen LogP contribution < -0.4 is 10.0 Å². The number of sulfonamides is 1. The van der Waals surface area contributed by atoms with E-state index >= 15 is 0 Å². The number of hydrogen-bond donors (Lipinski definition) is 2. The van der Waals surface area contributed by atoms with E-state index in [0.717, 1.165) is 6.54 Å². The summed E-state index contributed by atoms with van der Waals surface area (Å²) in [6.07, 6.45) is 0. The summed E-state index contributed by atoms with van der Waals surface area (Å²) in [7, 11) is -3.56. The Bertz CT molecular complexity index is 497. The number of halogens is 2. The Morgan fingerprint density at radius 1 is 1.16 bits per heavy atom. The van der Waals surface area contributed by atoms with Crippen LogP contribution in [-0.2, 0) is 10.0 Å². The van der Waals surface area contributed by atoms with Crippen molar-refractivity contribution in [2.24, 2.45) is 0 Å². The van der Waals surface area contributed by atoms with Crippen molar-refractivity contribution in [2.75, 3.05) is 19.6 Å². The van der Waals surface area contributed by atoms with E-state index in [1.165, 1.54) is 12.1 Å². The van der Waals surface area contributed by atoms with E-state index in [0.29, 0.717) is 24.2 Å². The zero-order chi connectivity index (χ0) is 13.8. The highest BCUT2D eigenvalue weighted by Crippen LogP contribution is 2.18. The maximum atomic E-state index is 13.4. The molecule has 0 unspecified atom stereocenters. The molecule has 0 aromatic heterocycles. The standard InChI is InChI=1S/C12H19FN2O2S.ClH/c1-4-14-5-6-15-18(16,17)11-7-9(2)12(13)10(3)8-11;/h7-8,14-15H,4-6H2,1-3H3;1H. The van der Waals surface area contributed by atoms with Gasteiger partial charge in [-0.1, -0.05) is 6.92 Å². The second kappa shape index (κ2) is 7.79. The molecule has 0 spiro atoms. The van der Waals surface area contributed by atoms with Crippen molar-refractivity contribution >= 4 is 22.4 Å². The maximum absolute atomic E-state index is 13.4. The molecule has 0 amide bonds. The van der Waals surface area contributed by atoms with Crippen LogP contribution in [0.4, 0.5) is 4.39 Å². The van der Waals surface area contributed by atoms with Crippen molar-refractivity contribution in [1.29, 1.82) is 0 Å². The highest BCUT2D eigenvalue weighted by Gasteiger charge is 2.16. The molecule has 19 heavy (non-hydrogen) atoms. The minimum Gasteiger partial charge on any atom is -0.316 e. The summed E-state index contributed by atoms with van der Waals surface area (Å²) in [6, 6.07) is 2.69. The van der Waals surface area contributed by atoms with Crippen molar-refractivity contribution < 1.29 is 12.8 Å². The van der Waals surface area contributed by atoms with Gasteiger partial charge >= 0.3 is 0 Å². The van der Waals surface area contributed by atoms with E-state index in [4.69, 9.17) is 0 Å². The van der Waals surface area contributed by atoms with Gasteiger partial charge in [0.15, 0.2) is 0 Å². The molecule has 0 fully saturated rings. The lowest BCUT2D eigenvalue weighted by atomic mass is 10.1. The van der Waals surface area contributed by atoms with Gasteiger partial charge in [-0.3, -0.25) is 0 Å². The van der Waals surface area contributed by atoms with Crippen molar-refractivity contribution in [3.8, 4) is 0 Å². The molecule has 0 radical (unpaired) electrons. The molecule has 0 aliphatic rings. The summed E-state index contributed by atoms with van der Waals surface area (Å²) in [6.45, 7) is 6.72. The molecule has 1 aromatic rings. The Morgan fingerprint density at radius 3 is 2.16 bits per heavy atom. The third-order valence-electron chi connectivity index (χ3n) is 2.56. The number of benzene rings is 1. The van der Waals surface area contributed by atoms with Crippen molar-refractivity contribution in [3.05, 3.63) is 29.1 Å². The van der Waals surface area contributed by atoms with Crippen molar-refractivity contribution in [3.63, 3.8) is 0 Å². The van der Waals surface area contributed by atoms with Gasteiger partial charge < -0.3 is 5.32 Å². The summed E-state index contributed by atoms with van der Waals surface area (Å²) in [5.74, 6) is -0.360. The lowest BCUT2D eigenvalue weighted by molar-refractivity contribution is 0.575. The number of aryl methyl sites for hydroxylation is 2. The largest absolute Gasteiger partial charge is 0.316 e. The lowest BCUT2D eigenvalue weighted by Gasteiger charge is -2.09. The Kier molecular flexibility index (Phi) is 7.51. The van der Waals surface area contributed by atoms with Gasteiger partial charge in [-0.2, -0.15) is 0 Å². The summed E-state index contributed by atoms with van der Waals surface area (Å²) in [5, 5.41) is 3.02. The Labute approximate surface area is 120 Å². The van der Waals surface area contributed by atoms with Crippen molar-refractivity contribution in [1.82, 2.24) is 10.0 Å². The zero-order valence-corrected chi connectivity index (χ0v) is 12.9. The average molecular weight is 311 g/mol. The van der Waals surface area contributed by atoms with Crippen LogP contribution in [0.5, 0.6) is 0 Å². The number of rotatable bonds is 6. The number of hydrogen-bond acceptors (Lipinski definition) is 3. The monoisotopic (exact) mass is 310 g/mol. The van der Waals surface area contributed by atoms with E-state index < -0.39 is 10.0 Å². The number of nitrogens with one attached hydrogen (secondary N) is 2. The van der Waals surface area contributed by atoms with Crippen LogP contribution in [0, 0.1) is 19.7 Å². The fourth-order valence-electron chi connectivity index (χ4n) is 1.60. The molecule has 0 saturated heterocycles. The van der Waals surface area contributed by atoms with Crippen LogP contribution in [0.2, 0.25) is 0 Å². The van der Waals surface area contributed by atoms with Crippen LogP contribution in [-0.4, -0.2) is 28.1 Å². The predicted molar refractivity (Wildman–Crippen MR) is 76.9 cm³/mol. The lowest BCUT2D eigenvalue weighted by Crippen LogP contribution is -2.31. The van der Waals surface area contributed by atoms with Crippen LogP contribution in [0.1, 0.15) is 18.1 Å². The van der Waals surface area contributed by atoms with Gasteiger partial charge in [0, 0.05) is 13.1 Å². The molecular weight excluding hydrogens is 291 g/mol. The first kappa shape index (κ1) is 18.3. The highest BCUT2D eigenvalue weighted by molar-refractivity contribution is 7.89. The first-order valence-electron chi connectivity index (χ1n) is 5.85. The smallest absolute Gasteiger partial charge is 0.240 e. The minimum absolute atomic E-state index is 0. The summed E-state index contributed by atoms with van der Waals surface area (Å²) in [5.41, 5.74) is 0.670. The molecule has 0 aliphatic carbocycles. The molecule has 2 N–H and O–H groups in total. The zero-order valence-electron chi connectivity index (χ0n) is 11.3. The Hall–Kier alpha value is -0.690. The summed E-state index contributed by atoms with van der Waals surface area (Å²) in [4.78, 5) is 0.107. The van der Waals surface area contributed by atoms with Gasteiger partial charge in [0.05, 0.1) is 4.90 Å². The molecule has 0 aliphatic heterocycles. The second-order valence-electron chi connectivity index (χ2n) is 4.12. The fraction of sp³-hybridized carbons (Fsp3) is 0.500. The van der Waals surface area contributed by atoms with Crippen LogP contribution in [0.3, 0.4) is 0 Å². The van der Waals surface area contributed by atoms with Gasteiger partial charge in [0.25, 0.3) is 0 Å². The first-order chi connectivity index (χ1) is 8.38. The second-order valence-corrected chi connectivity index (χ2v) is 5.89. The molecule has 7 heteroatoms. The summed E-state index contributed by atoms with van der Waals surface area (Å²) >= 11 is 0. The van der Waals surface area contributed by atoms with Crippen LogP contribution in [0.25, 0.3) is 0 Å². The first-order valence-corrected chi connectivity index (χ1v) is 7.34. The number of likely N-dealkylation sites (N-methyl/N-ethyl adjacent to an activating group) is 1. The SMILES string of the molecule is CCNCCNS(=O)(=O)c1cc(C)c(F)c(C)c1.Cl. The van der Waals surface area contributed by atoms with Gasteiger partial charge in [0.2, 0.25) is 10.0 Å². The fourth-order valence-corrected chi connectivity index (χ4v) is 2.80. The molecule has 1 aromatic carbocycles. The average Bonchev–Trinajstić information content (AvgIpc) is 2.31. The molecule has 0 heterocycles. The van der Waals surface area contributed by atoms with E-state index in [2.05, 4.69) is 10.0 Å². The molecule has 110 valence electrons. The molecular formula is C12H20ClFN2O2S. The quantitative estimate of drug-likeness (QED) is 0.787. The van der Waals surface area contributed by atoms with E-state index in [1.807, 2.05) is 6.92 Å². The van der Waals surface area contributed by atoms with Gasteiger partial charge in [-0.15, -0.1) is 12.4 Å². The van der Waals surface area contributed by atoms with Gasteiger partial charge in [-0.05, 0) is 43.7 Å². The van der Waals surface area contributed by atoms with Gasteiger partial charge in [-0.25, -0.2) is 17.5 Å². The topological polar surface area (TPSA) is 58.2 Å². The molecule has 0 atom stereocenters. The summed E-state index contributed by atoms with van der Waals surface area (Å²) < 4.78 is 39.8. The highest BCUT2D eigenvalue weighted by atomic mass is 35.5. The maximum Gasteiger partial charge on any atom is 0.240 e. The minimum atomic E-state index is -3.56. The van der Waals surface area contributed by atoms with Gasteiger partial charge in [0.1, 0.15) is 5.82 Å². The Balaban J connectivity index is 0.00000324. The van der Waals surface area contributed by atoms with E-state index in [1.54, 1.807) is 13.8 Å². The van der Waals surface area contributed by atoms with Crippen LogP contribution in [0.15, 0.2) is 17.0 Å². The van der Waals surface area contributed by atoms with Crippen molar-refractivity contribution in [2.45, 2.75) is 25.7 Å². The normalized spacial score (nSPS) is 11.2. The third kappa shape index (κ3) is 5.06. The molecule has 0 bridgehead atoms. The molecule has 4 nitrogen and oxygen atoms in total. The molecule has 0 saturated carbocycles. The third-order valence-corrected chi connectivity index (χ3v) is 4.00. The predicted octanol–water partition coefficient (Wildman–Crippen LogP) is 1.75. The Morgan fingerprint density at radius 2 is 1.68 bits per heavy atom. The molecule has 1 rings (SSSR count). The van der Waals surface area contributed by atoms with Crippen LogP contribution >= 0.6 is 12.4 Å². The van der Waals surface area contributed by atoms with E-state index in [-0.39, 0.29) is 23.1 Å². The van der Waals surface area contributed by atoms with E-state index in [9.17, 15) is 12.8 Å².